The molecular formula is C23H32N2O6S. The molecule has 0 aliphatic rings. The van der Waals surface area contributed by atoms with Gasteiger partial charge in [0.2, 0.25) is 15.9 Å². The third-order valence-corrected chi connectivity index (χ3v) is 5.51. The molecule has 0 aliphatic heterocycles. The van der Waals surface area contributed by atoms with E-state index in [1.807, 2.05) is 26.8 Å². The van der Waals surface area contributed by atoms with Crippen LogP contribution in [-0.4, -0.2) is 46.9 Å². The molecule has 2 rings (SSSR count). The van der Waals surface area contributed by atoms with Crippen LogP contribution in [0.5, 0.6) is 17.2 Å². The lowest BCUT2D eigenvalue weighted by atomic mass is 10.2. The van der Waals surface area contributed by atoms with E-state index in [1.165, 1.54) is 0 Å². The van der Waals surface area contributed by atoms with Crippen molar-refractivity contribution < 1.29 is 27.4 Å². The minimum absolute atomic E-state index is 0.00343. The largest absolute Gasteiger partial charge is 0.494 e. The summed E-state index contributed by atoms with van der Waals surface area (Å²) >= 11 is 0. The van der Waals surface area contributed by atoms with Crippen molar-refractivity contribution in [2.75, 3.05) is 30.8 Å². The average Bonchev–Trinajstić information content (AvgIpc) is 2.74. The smallest absolute Gasteiger partial charge is 0.241 e. The molecular weight excluding hydrogens is 432 g/mol. The predicted molar refractivity (Wildman–Crippen MR) is 125 cm³/mol. The highest BCUT2D eigenvalue weighted by Gasteiger charge is 2.21. The number of nitrogens with one attached hydrogen (secondary N) is 1. The van der Waals surface area contributed by atoms with Gasteiger partial charge in [0.25, 0.3) is 0 Å². The Hall–Kier alpha value is -2.94. The second kappa shape index (κ2) is 11.6. The van der Waals surface area contributed by atoms with E-state index in [9.17, 15) is 13.2 Å². The number of hydrogen-bond acceptors (Lipinski definition) is 6. The second-order valence-electron chi connectivity index (χ2n) is 7.54. The van der Waals surface area contributed by atoms with Crippen LogP contribution >= 0.6 is 0 Å². The number of carbonyl (C=O) groups excluding carboxylic acids is 1. The first-order chi connectivity index (χ1) is 15.1. The van der Waals surface area contributed by atoms with E-state index in [-0.39, 0.29) is 19.2 Å². The SMILES string of the molecule is CCCOc1ccc(N(CC(=O)NCc2ccc(OC(C)C)c(OC)c2)S(C)(=O)=O)cc1. The maximum absolute atomic E-state index is 12.5. The number of benzene rings is 2. The average molecular weight is 465 g/mol. The molecule has 0 aliphatic carbocycles. The number of methoxy groups -OCH3 is 1. The molecule has 9 heteroatoms. The van der Waals surface area contributed by atoms with Gasteiger partial charge < -0.3 is 19.5 Å². The molecule has 1 N–H and O–H groups in total. The van der Waals surface area contributed by atoms with Crippen LogP contribution in [0.3, 0.4) is 0 Å². The quantitative estimate of drug-likeness (QED) is 0.518. The monoisotopic (exact) mass is 464 g/mol. The Balaban J connectivity index is 2.05. The number of nitrogens with zero attached hydrogens (tertiary/aromatic N) is 1. The highest BCUT2D eigenvalue weighted by atomic mass is 32.2. The van der Waals surface area contributed by atoms with E-state index in [4.69, 9.17) is 14.2 Å². The van der Waals surface area contributed by atoms with E-state index in [2.05, 4.69) is 5.32 Å². The molecule has 0 bridgehead atoms. The van der Waals surface area contributed by atoms with Crippen LogP contribution in [0, 0.1) is 0 Å². The molecule has 0 unspecified atom stereocenters. The fraction of sp³-hybridized carbons (Fsp3) is 0.435. The van der Waals surface area contributed by atoms with E-state index in [0.29, 0.717) is 29.5 Å². The zero-order chi connectivity index (χ0) is 23.7. The normalized spacial score (nSPS) is 11.2. The standard InChI is InChI=1S/C23H32N2O6S/c1-6-13-30-20-10-8-19(9-11-20)25(32(5,27)28)16-23(26)24-15-18-7-12-21(31-17(2)3)22(14-18)29-4/h7-12,14,17H,6,13,15-16H2,1-5H3,(H,24,26). The van der Waals surface area contributed by atoms with Gasteiger partial charge in [0.15, 0.2) is 11.5 Å². The van der Waals surface area contributed by atoms with Gasteiger partial charge >= 0.3 is 0 Å². The third-order valence-electron chi connectivity index (χ3n) is 4.37. The molecule has 0 radical (unpaired) electrons. The van der Waals surface area contributed by atoms with Crippen molar-refractivity contribution in [1.82, 2.24) is 5.32 Å². The van der Waals surface area contributed by atoms with Crippen molar-refractivity contribution in [2.24, 2.45) is 0 Å². The lowest BCUT2D eigenvalue weighted by Crippen LogP contribution is -2.40. The van der Waals surface area contributed by atoms with Crippen LogP contribution < -0.4 is 23.8 Å². The molecule has 0 saturated carbocycles. The van der Waals surface area contributed by atoms with Gasteiger partial charge in [-0.1, -0.05) is 13.0 Å². The van der Waals surface area contributed by atoms with Crippen molar-refractivity contribution in [3.8, 4) is 17.2 Å². The number of carbonyl (C=O) groups is 1. The summed E-state index contributed by atoms with van der Waals surface area (Å²) < 4.78 is 42.2. The lowest BCUT2D eigenvalue weighted by Gasteiger charge is -2.22. The van der Waals surface area contributed by atoms with Crippen LogP contribution in [-0.2, 0) is 21.4 Å². The van der Waals surface area contributed by atoms with Gasteiger partial charge in [-0.05, 0) is 62.2 Å². The van der Waals surface area contributed by atoms with Crippen molar-refractivity contribution in [1.29, 1.82) is 0 Å². The molecule has 2 aromatic carbocycles. The van der Waals surface area contributed by atoms with Crippen LogP contribution in [0.25, 0.3) is 0 Å². The van der Waals surface area contributed by atoms with Crippen molar-refractivity contribution >= 4 is 21.6 Å². The molecule has 2 aromatic rings. The third kappa shape index (κ3) is 7.64. The van der Waals surface area contributed by atoms with Gasteiger partial charge in [-0.2, -0.15) is 0 Å². The van der Waals surface area contributed by atoms with Crippen molar-refractivity contribution in [3.05, 3.63) is 48.0 Å². The van der Waals surface area contributed by atoms with E-state index in [1.54, 1.807) is 43.5 Å². The Morgan fingerprint density at radius 3 is 2.34 bits per heavy atom. The Labute approximate surface area is 190 Å². The first-order valence-corrected chi connectivity index (χ1v) is 12.3. The molecule has 176 valence electrons. The zero-order valence-electron chi connectivity index (χ0n) is 19.3. The van der Waals surface area contributed by atoms with Gasteiger partial charge in [0.1, 0.15) is 12.3 Å². The summed E-state index contributed by atoms with van der Waals surface area (Å²) in [6.45, 7) is 6.31. The molecule has 0 atom stereocenters. The highest BCUT2D eigenvalue weighted by Crippen LogP contribution is 2.29. The van der Waals surface area contributed by atoms with Crippen LogP contribution in [0.4, 0.5) is 5.69 Å². The number of amides is 1. The number of rotatable bonds is 12. The molecule has 1 amide bonds. The van der Waals surface area contributed by atoms with Gasteiger partial charge in [-0.3, -0.25) is 9.10 Å². The Bertz CT molecular complexity index is 990. The summed E-state index contributed by atoms with van der Waals surface area (Å²) in [5.41, 5.74) is 1.19. The Kier molecular flexibility index (Phi) is 9.19. The van der Waals surface area contributed by atoms with Gasteiger partial charge in [-0.25, -0.2) is 8.42 Å². The second-order valence-corrected chi connectivity index (χ2v) is 9.45. The van der Waals surface area contributed by atoms with Crippen molar-refractivity contribution in [2.45, 2.75) is 39.8 Å². The Morgan fingerprint density at radius 1 is 1.09 bits per heavy atom. The minimum atomic E-state index is -3.66. The predicted octanol–water partition coefficient (Wildman–Crippen LogP) is 3.35. The summed E-state index contributed by atoms with van der Waals surface area (Å²) in [4.78, 5) is 12.5. The van der Waals surface area contributed by atoms with Gasteiger partial charge in [0.05, 0.1) is 31.8 Å². The fourth-order valence-corrected chi connectivity index (χ4v) is 3.75. The molecule has 0 fully saturated rings. The molecule has 32 heavy (non-hydrogen) atoms. The molecule has 0 spiro atoms. The summed E-state index contributed by atoms with van der Waals surface area (Å²) in [5, 5.41) is 2.76. The lowest BCUT2D eigenvalue weighted by molar-refractivity contribution is -0.119. The van der Waals surface area contributed by atoms with Crippen LogP contribution in [0.2, 0.25) is 0 Å². The number of anilines is 1. The zero-order valence-corrected chi connectivity index (χ0v) is 20.1. The topological polar surface area (TPSA) is 94.2 Å². The maximum atomic E-state index is 12.5. The minimum Gasteiger partial charge on any atom is -0.494 e. The van der Waals surface area contributed by atoms with E-state index in [0.717, 1.165) is 22.5 Å². The maximum Gasteiger partial charge on any atom is 0.241 e. The first kappa shape index (κ1) is 25.3. The van der Waals surface area contributed by atoms with E-state index < -0.39 is 15.9 Å². The number of hydrogen-bond donors (Lipinski definition) is 1. The van der Waals surface area contributed by atoms with Gasteiger partial charge in [-0.15, -0.1) is 0 Å². The molecule has 0 saturated heterocycles. The number of sulfonamides is 1. The summed E-state index contributed by atoms with van der Waals surface area (Å²) in [6, 6.07) is 12.0. The molecule has 8 nitrogen and oxygen atoms in total. The van der Waals surface area contributed by atoms with Gasteiger partial charge in [0, 0.05) is 6.54 Å². The molecule has 0 aromatic heterocycles. The highest BCUT2D eigenvalue weighted by molar-refractivity contribution is 7.92. The van der Waals surface area contributed by atoms with Crippen LogP contribution in [0.15, 0.2) is 42.5 Å². The fourth-order valence-electron chi connectivity index (χ4n) is 2.89. The summed E-state index contributed by atoms with van der Waals surface area (Å²) in [5.74, 6) is 1.40. The van der Waals surface area contributed by atoms with E-state index >= 15 is 0 Å². The summed E-state index contributed by atoms with van der Waals surface area (Å²) in [6.07, 6.45) is 1.94. The van der Waals surface area contributed by atoms with Crippen molar-refractivity contribution in [3.63, 3.8) is 0 Å². The first-order valence-electron chi connectivity index (χ1n) is 10.4. The summed E-state index contributed by atoms with van der Waals surface area (Å²) in [7, 11) is -2.11. The number of ether oxygens (including phenoxy) is 3. The van der Waals surface area contributed by atoms with Crippen LogP contribution in [0.1, 0.15) is 32.8 Å². The Morgan fingerprint density at radius 2 is 1.78 bits per heavy atom. The molecule has 0 heterocycles.